The lowest BCUT2D eigenvalue weighted by molar-refractivity contribution is -0.138. The summed E-state index contributed by atoms with van der Waals surface area (Å²) in [5.74, 6) is 0.205. The van der Waals surface area contributed by atoms with Crippen LogP contribution in [0.5, 0.6) is 0 Å². The first kappa shape index (κ1) is 13.9. The molecule has 0 bridgehead atoms. The van der Waals surface area contributed by atoms with Crippen molar-refractivity contribution in [2.75, 3.05) is 18.0 Å². The summed E-state index contributed by atoms with van der Waals surface area (Å²) in [5, 5.41) is 0. The first-order valence-electron chi connectivity index (χ1n) is 7.04. The van der Waals surface area contributed by atoms with Crippen LogP contribution in [0.15, 0.2) is 24.3 Å². The first-order valence-corrected chi connectivity index (χ1v) is 8.12. The Bertz CT molecular complexity index is 546. The third kappa shape index (κ3) is 2.43. The molecular weight excluding hydrogens is 367 g/mol. The number of nitrogens with zero attached hydrogens (tertiary/aromatic N) is 2. The second-order valence-electron chi connectivity index (χ2n) is 5.29. The molecule has 106 valence electrons. The molecule has 3 rings (SSSR count). The van der Waals surface area contributed by atoms with Crippen LogP contribution in [0.25, 0.3) is 0 Å². The van der Waals surface area contributed by atoms with Gasteiger partial charge in [-0.15, -0.1) is 0 Å². The van der Waals surface area contributed by atoms with Gasteiger partial charge in [0.25, 0.3) is 0 Å². The molecule has 2 saturated heterocycles. The van der Waals surface area contributed by atoms with E-state index >= 15 is 0 Å². The van der Waals surface area contributed by atoms with E-state index < -0.39 is 0 Å². The highest BCUT2D eigenvalue weighted by atomic mass is 127. The molecule has 0 saturated carbocycles. The van der Waals surface area contributed by atoms with Gasteiger partial charge in [0.1, 0.15) is 6.04 Å². The predicted molar refractivity (Wildman–Crippen MR) is 85.5 cm³/mol. The van der Waals surface area contributed by atoms with E-state index in [0.29, 0.717) is 13.0 Å². The lowest BCUT2D eigenvalue weighted by Gasteiger charge is -2.34. The van der Waals surface area contributed by atoms with Gasteiger partial charge in [-0.25, -0.2) is 0 Å². The normalized spacial score (nSPS) is 23.6. The van der Waals surface area contributed by atoms with Gasteiger partial charge in [0.05, 0.1) is 5.69 Å². The van der Waals surface area contributed by atoms with E-state index in [-0.39, 0.29) is 17.9 Å². The molecule has 4 nitrogen and oxygen atoms in total. The smallest absolute Gasteiger partial charge is 0.249 e. The maximum Gasteiger partial charge on any atom is 0.249 e. The summed E-state index contributed by atoms with van der Waals surface area (Å²) in [6.07, 6.45) is 3.26. The molecule has 1 aromatic carbocycles. The number of halogens is 1. The minimum absolute atomic E-state index is 0.0830. The predicted octanol–water partition coefficient (Wildman–Crippen LogP) is 2.41. The summed E-state index contributed by atoms with van der Waals surface area (Å²) in [7, 11) is 0. The van der Waals surface area contributed by atoms with Crippen LogP contribution < -0.4 is 4.90 Å². The molecule has 2 heterocycles. The number of piperidine rings is 1. The monoisotopic (exact) mass is 384 g/mol. The molecule has 2 aliphatic heterocycles. The molecule has 0 aromatic heterocycles. The van der Waals surface area contributed by atoms with E-state index in [1.165, 1.54) is 0 Å². The number of hydrogen-bond donors (Lipinski definition) is 0. The zero-order valence-corrected chi connectivity index (χ0v) is 13.4. The molecule has 0 N–H and O–H groups in total. The molecule has 2 aliphatic rings. The topological polar surface area (TPSA) is 40.6 Å². The fourth-order valence-electron chi connectivity index (χ4n) is 3.04. The third-order valence-corrected chi connectivity index (χ3v) is 4.98. The van der Waals surface area contributed by atoms with Gasteiger partial charge in [-0.05, 0) is 54.0 Å². The molecule has 1 atom stereocenters. The third-order valence-electron chi connectivity index (χ3n) is 4.07. The van der Waals surface area contributed by atoms with Crippen molar-refractivity contribution in [1.82, 2.24) is 4.90 Å². The van der Waals surface area contributed by atoms with Crippen LogP contribution in [0.4, 0.5) is 5.69 Å². The quantitative estimate of drug-likeness (QED) is 0.698. The van der Waals surface area contributed by atoms with Crippen molar-refractivity contribution >= 4 is 40.1 Å². The number of benzene rings is 1. The molecule has 2 fully saturated rings. The standard InChI is InChI=1S/C15H17IN2O2/c16-11-5-1-2-6-12(11)18-10-8-14(19)17-9-4-3-7-13(17)15(18)20/h1-2,5-6,13H,3-4,7-10H2. The average Bonchev–Trinajstić information content (AvgIpc) is 2.59. The summed E-state index contributed by atoms with van der Waals surface area (Å²) in [6, 6.07) is 7.61. The van der Waals surface area contributed by atoms with Crippen molar-refractivity contribution in [2.24, 2.45) is 0 Å². The fraction of sp³-hybridized carbons (Fsp3) is 0.467. The Hall–Kier alpha value is -1.11. The van der Waals surface area contributed by atoms with Crippen molar-refractivity contribution < 1.29 is 9.59 Å². The zero-order valence-electron chi connectivity index (χ0n) is 11.2. The van der Waals surface area contributed by atoms with E-state index in [9.17, 15) is 9.59 Å². The SMILES string of the molecule is O=C1C2CCCCN2C(=O)CCN1c1ccccc1I. The van der Waals surface area contributed by atoms with Crippen LogP contribution >= 0.6 is 22.6 Å². The van der Waals surface area contributed by atoms with Crippen molar-refractivity contribution in [3.05, 3.63) is 27.8 Å². The number of anilines is 1. The van der Waals surface area contributed by atoms with E-state index in [1.807, 2.05) is 24.3 Å². The van der Waals surface area contributed by atoms with Gasteiger partial charge in [0.2, 0.25) is 11.8 Å². The number of para-hydroxylation sites is 1. The Balaban J connectivity index is 1.95. The Morgan fingerprint density at radius 2 is 1.90 bits per heavy atom. The van der Waals surface area contributed by atoms with E-state index in [4.69, 9.17) is 0 Å². The summed E-state index contributed by atoms with van der Waals surface area (Å²) in [5.41, 5.74) is 0.929. The summed E-state index contributed by atoms with van der Waals surface area (Å²) in [4.78, 5) is 28.6. The van der Waals surface area contributed by atoms with Crippen LogP contribution in [0.3, 0.4) is 0 Å². The van der Waals surface area contributed by atoms with Gasteiger partial charge in [0.15, 0.2) is 0 Å². The second-order valence-corrected chi connectivity index (χ2v) is 6.45. The Labute approximate surface area is 132 Å². The highest BCUT2D eigenvalue weighted by Crippen LogP contribution is 2.28. The minimum atomic E-state index is -0.255. The number of amides is 2. The average molecular weight is 384 g/mol. The molecule has 0 aliphatic carbocycles. The minimum Gasteiger partial charge on any atom is -0.331 e. The zero-order chi connectivity index (χ0) is 14.1. The van der Waals surface area contributed by atoms with Crippen LogP contribution in [0, 0.1) is 3.57 Å². The molecule has 0 radical (unpaired) electrons. The highest BCUT2D eigenvalue weighted by Gasteiger charge is 2.38. The number of carbonyl (C=O) groups excluding carboxylic acids is 2. The molecule has 0 spiro atoms. The van der Waals surface area contributed by atoms with Gasteiger partial charge in [-0.3, -0.25) is 9.59 Å². The van der Waals surface area contributed by atoms with E-state index in [1.54, 1.807) is 9.80 Å². The Kier molecular flexibility index (Phi) is 3.96. The van der Waals surface area contributed by atoms with Gasteiger partial charge >= 0.3 is 0 Å². The number of rotatable bonds is 1. The highest BCUT2D eigenvalue weighted by molar-refractivity contribution is 14.1. The molecule has 1 unspecified atom stereocenters. The first-order chi connectivity index (χ1) is 9.68. The second kappa shape index (κ2) is 5.71. The van der Waals surface area contributed by atoms with Crippen LogP contribution in [-0.4, -0.2) is 35.8 Å². The molecule has 20 heavy (non-hydrogen) atoms. The lowest BCUT2D eigenvalue weighted by atomic mass is 10.0. The molecule has 1 aromatic rings. The Morgan fingerprint density at radius 1 is 1.10 bits per heavy atom. The van der Waals surface area contributed by atoms with Gasteiger partial charge in [-0.1, -0.05) is 12.1 Å². The number of hydrogen-bond acceptors (Lipinski definition) is 2. The van der Waals surface area contributed by atoms with Gasteiger partial charge in [-0.2, -0.15) is 0 Å². The summed E-state index contributed by atoms with van der Waals surface area (Å²) < 4.78 is 1.05. The van der Waals surface area contributed by atoms with Crippen molar-refractivity contribution in [1.29, 1.82) is 0 Å². The maximum absolute atomic E-state index is 12.8. The van der Waals surface area contributed by atoms with Crippen molar-refractivity contribution in [2.45, 2.75) is 31.7 Å². The largest absolute Gasteiger partial charge is 0.331 e. The summed E-state index contributed by atoms with van der Waals surface area (Å²) >= 11 is 2.25. The van der Waals surface area contributed by atoms with Crippen molar-refractivity contribution in [3.63, 3.8) is 0 Å². The Morgan fingerprint density at radius 3 is 2.70 bits per heavy atom. The van der Waals surface area contributed by atoms with Crippen LogP contribution in [-0.2, 0) is 9.59 Å². The number of fused-ring (bicyclic) bond motifs is 1. The van der Waals surface area contributed by atoms with Crippen LogP contribution in [0.2, 0.25) is 0 Å². The maximum atomic E-state index is 12.8. The lowest BCUT2D eigenvalue weighted by Crippen LogP contribution is -2.50. The fourth-order valence-corrected chi connectivity index (χ4v) is 3.72. The van der Waals surface area contributed by atoms with Gasteiger partial charge in [0, 0.05) is 23.1 Å². The van der Waals surface area contributed by atoms with Gasteiger partial charge < -0.3 is 9.80 Å². The summed E-state index contributed by atoms with van der Waals surface area (Å²) in [6.45, 7) is 1.22. The van der Waals surface area contributed by atoms with E-state index in [0.717, 1.165) is 35.1 Å². The molecule has 2 amide bonds. The van der Waals surface area contributed by atoms with Crippen molar-refractivity contribution in [3.8, 4) is 0 Å². The van der Waals surface area contributed by atoms with E-state index in [2.05, 4.69) is 22.6 Å². The number of carbonyl (C=O) groups is 2. The molecule has 5 heteroatoms. The van der Waals surface area contributed by atoms with Crippen LogP contribution in [0.1, 0.15) is 25.7 Å². The molecular formula is C15H17IN2O2.